The Hall–Kier alpha value is -4.20. The van der Waals surface area contributed by atoms with Crippen LogP contribution in [0.3, 0.4) is 0 Å². The summed E-state index contributed by atoms with van der Waals surface area (Å²) in [6.07, 6.45) is 2.55. The molecule has 3 aromatic rings. The minimum Gasteiger partial charge on any atom is -0.481 e. The molecular formula is C34H40N4O4. The summed E-state index contributed by atoms with van der Waals surface area (Å²) in [4.78, 5) is 40.5. The maximum atomic E-state index is 11.5. The van der Waals surface area contributed by atoms with Crippen LogP contribution in [0.2, 0.25) is 0 Å². The van der Waals surface area contributed by atoms with E-state index in [1.807, 2.05) is 19.9 Å². The summed E-state index contributed by atoms with van der Waals surface area (Å²) in [7, 11) is 0. The van der Waals surface area contributed by atoms with E-state index < -0.39 is 11.9 Å². The maximum Gasteiger partial charge on any atom is 0.303 e. The van der Waals surface area contributed by atoms with Crippen molar-refractivity contribution in [2.75, 3.05) is 0 Å². The first-order valence-corrected chi connectivity index (χ1v) is 14.9. The van der Waals surface area contributed by atoms with Gasteiger partial charge in [-0.2, -0.15) is 0 Å². The molecule has 42 heavy (non-hydrogen) atoms. The molecule has 8 bridgehead atoms. The minimum absolute atomic E-state index is 0.00209. The predicted octanol–water partition coefficient (Wildman–Crippen LogP) is 7.60. The van der Waals surface area contributed by atoms with Gasteiger partial charge >= 0.3 is 11.9 Å². The lowest BCUT2D eigenvalue weighted by Gasteiger charge is -2.13. The van der Waals surface area contributed by atoms with Gasteiger partial charge in [0.15, 0.2) is 0 Å². The lowest BCUT2D eigenvalue weighted by Crippen LogP contribution is -2.00. The van der Waals surface area contributed by atoms with Crippen LogP contribution in [0, 0.1) is 13.8 Å². The molecule has 5 heterocycles. The Bertz CT molecular complexity index is 1780. The summed E-state index contributed by atoms with van der Waals surface area (Å²) in [5.74, 6) is -1.22. The van der Waals surface area contributed by atoms with Gasteiger partial charge in [0.1, 0.15) is 0 Å². The Morgan fingerprint density at radius 3 is 2.00 bits per heavy atom. The summed E-state index contributed by atoms with van der Waals surface area (Å²) < 4.78 is 0. The van der Waals surface area contributed by atoms with E-state index >= 15 is 0 Å². The number of carboxylic acid groups (broad SMARTS) is 2. The molecular weight excluding hydrogens is 528 g/mol. The van der Waals surface area contributed by atoms with Gasteiger partial charge < -0.3 is 20.2 Å². The zero-order chi connectivity index (χ0) is 30.3. The van der Waals surface area contributed by atoms with E-state index in [4.69, 9.17) is 9.97 Å². The van der Waals surface area contributed by atoms with Crippen LogP contribution < -0.4 is 0 Å². The van der Waals surface area contributed by atoms with Crippen LogP contribution in [0.5, 0.6) is 0 Å². The Morgan fingerprint density at radius 1 is 0.762 bits per heavy atom. The normalized spacial score (nSPS) is 16.7. The number of nitrogens with one attached hydrogen (secondary N) is 2. The molecule has 8 nitrogen and oxygen atoms in total. The van der Waals surface area contributed by atoms with Crippen LogP contribution in [0.25, 0.3) is 33.2 Å². The molecule has 2 atom stereocenters. The molecule has 4 N–H and O–H groups in total. The number of carboxylic acids is 2. The summed E-state index contributed by atoms with van der Waals surface area (Å²) in [5, 5.41) is 18.9. The van der Waals surface area contributed by atoms with Crippen molar-refractivity contribution in [3.8, 4) is 0 Å². The highest BCUT2D eigenvalue weighted by molar-refractivity contribution is 5.93. The topological polar surface area (TPSA) is 132 Å². The highest BCUT2D eigenvalue weighted by Crippen LogP contribution is 2.41. The molecule has 0 fully saturated rings. The third-order valence-corrected chi connectivity index (χ3v) is 9.12. The van der Waals surface area contributed by atoms with Crippen molar-refractivity contribution in [1.82, 2.24) is 19.9 Å². The fourth-order valence-corrected chi connectivity index (χ4v) is 6.57. The molecule has 0 aliphatic carbocycles. The van der Waals surface area contributed by atoms with Crippen molar-refractivity contribution < 1.29 is 19.8 Å². The molecule has 0 saturated heterocycles. The predicted molar refractivity (Wildman–Crippen MR) is 167 cm³/mol. The van der Waals surface area contributed by atoms with Gasteiger partial charge in [0.2, 0.25) is 0 Å². The number of nitrogens with zero attached hydrogens (tertiary/aromatic N) is 2. The first-order chi connectivity index (χ1) is 20.0. The van der Waals surface area contributed by atoms with Crippen molar-refractivity contribution >= 4 is 45.2 Å². The van der Waals surface area contributed by atoms with Crippen molar-refractivity contribution in [2.24, 2.45) is 0 Å². The highest BCUT2D eigenvalue weighted by atomic mass is 16.4. The van der Waals surface area contributed by atoms with Crippen molar-refractivity contribution in [2.45, 2.75) is 91.9 Å². The van der Waals surface area contributed by atoms with Gasteiger partial charge in [0.05, 0.1) is 11.4 Å². The van der Waals surface area contributed by atoms with E-state index in [2.05, 4.69) is 55.9 Å². The largest absolute Gasteiger partial charge is 0.481 e. The second-order valence-corrected chi connectivity index (χ2v) is 11.6. The molecule has 0 amide bonds. The van der Waals surface area contributed by atoms with E-state index in [1.165, 1.54) is 11.1 Å². The molecule has 8 heteroatoms. The molecule has 0 spiro atoms. The first-order valence-electron chi connectivity index (χ1n) is 14.9. The van der Waals surface area contributed by atoms with E-state index in [9.17, 15) is 19.8 Å². The van der Waals surface area contributed by atoms with Crippen LogP contribution in [-0.4, -0.2) is 42.1 Å². The molecule has 0 radical (unpaired) electrons. The van der Waals surface area contributed by atoms with Crippen LogP contribution in [0.1, 0.15) is 110 Å². The molecule has 0 aromatic carbocycles. The number of allylic oxidation sites excluding steroid dienone is 2. The third-order valence-electron chi connectivity index (χ3n) is 9.12. The van der Waals surface area contributed by atoms with Gasteiger partial charge in [0, 0.05) is 58.1 Å². The zero-order valence-electron chi connectivity index (χ0n) is 25.3. The van der Waals surface area contributed by atoms with E-state index in [0.29, 0.717) is 18.5 Å². The number of hydrogen-bond donors (Lipinski definition) is 4. The number of aliphatic carboxylic acids is 2. The fraction of sp³-hybridized carbons (Fsp3) is 0.412. The molecule has 5 rings (SSSR count). The number of carbonyl (C=O) groups is 2. The average molecular weight is 569 g/mol. The smallest absolute Gasteiger partial charge is 0.303 e. The SMILES string of the molecule is CCc1c(C)c2cc3[nH]c(cc4nc(cc5nc(cc1[nH]2)C(C)C5CC)C(C)=C4CCC(=O)O)c(CCC(=O)O)c3C. The van der Waals surface area contributed by atoms with Crippen LogP contribution in [-0.2, 0) is 22.4 Å². The third kappa shape index (κ3) is 5.38. The number of rotatable bonds is 8. The molecule has 2 unspecified atom stereocenters. The van der Waals surface area contributed by atoms with Crippen molar-refractivity contribution in [1.29, 1.82) is 0 Å². The Labute approximate surface area is 246 Å². The number of aromatic nitrogens is 4. The van der Waals surface area contributed by atoms with Crippen molar-refractivity contribution in [3.05, 3.63) is 69.3 Å². The number of aromatic amines is 2. The van der Waals surface area contributed by atoms with E-state index in [0.717, 1.165) is 74.3 Å². The number of aryl methyl sites for hydroxylation is 4. The minimum atomic E-state index is -0.859. The summed E-state index contributed by atoms with van der Waals surface area (Å²) in [5.41, 5.74) is 13.5. The first kappa shape index (κ1) is 29.3. The molecule has 2 aliphatic rings. The second kappa shape index (κ2) is 11.6. The Balaban J connectivity index is 1.91. The Morgan fingerprint density at radius 2 is 1.38 bits per heavy atom. The quantitative estimate of drug-likeness (QED) is 0.221. The van der Waals surface area contributed by atoms with Crippen LogP contribution >= 0.6 is 0 Å². The summed E-state index contributed by atoms with van der Waals surface area (Å²) in [6.45, 7) is 12.7. The highest BCUT2D eigenvalue weighted by Gasteiger charge is 2.28. The van der Waals surface area contributed by atoms with E-state index in [1.54, 1.807) is 0 Å². The Kier molecular flexibility index (Phi) is 8.08. The lowest BCUT2D eigenvalue weighted by molar-refractivity contribution is -0.137. The molecule has 220 valence electrons. The van der Waals surface area contributed by atoms with Gasteiger partial charge in [-0.05, 0) is 104 Å². The molecule has 0 saturated carbocycles. The van der Waals surface area contributed by atoms with Gasteiger partial charge in [0.25, 0.3) is 0 Å². The van der Waals surface area contributed by atoms with Gasteiger partial charge in [-0.1, -0.05) is 20.8 Å². The van der Waals surface area contributed by atoms with Gasteiger partial charge in [-0.3, -0.25) is 14.6 Å². The van der Waals surface area contributed by atoms with Crippen LogP contribution in [0.15, 0.2) is 24.3 Å². The number of hydrogen-bond acceptors (Lipinski definition) is 4. The van der Waals surface area contributed by atoms with Gasteiger partial charge in [-0.15, -0.1) is 0 Å². The van der Waals surface area contributed by atoms with E-state index in [-0.39, 0.29) is 24.7 Å². The fourth-order valence-electron chi connectivity index (χ4n) is 6.57. The monoisotopic (exact) mass is 568 g/mol. The molecule has 2 aliphatic heterocycles. The second-order valence-electron chi connectivity index (χ2n) is 11.6. The van der Waals surface area contributed by atoms with Crippen LogP contribution in [0.4, 0.5) is 0 Å². The molecule has 3 aromatic heterocycles. The van der Waals surface area contributed by atoms with Gasteiger partial charge in [-0.25, -0.2) is 4.98 Å². The standard InChI is InChI=1S/C34H40N4O4/c1-7-21-17(3)25-13-26-19(5)23(9-11-33(39)40)31(37-26)16-32-24(10-12-34(41)42)20(6)28(38-32)15-30-22(8-2)18(4)27(36-30)14-29(21)35-25/h13-16,18,22,35,37H,7-12H2,1-6H3,(H,39,40)(H,41,42). The number of fused-ring (bicyclic) bond motifs is 8. The van der Waals surface area contributed by atoms with Crippen molar-refractivity contribution in [3.63, 3.8) is 0 Å². The summed E-state index contributed by atoms with van der Waals surface area (Å²) >= 11 is 0. The lowest BCUT2D eigenvalue weighted by atomic mass is 9.89. The average Bonchev–Trinajstić information content (AvgIpc) is 3.59. The summed E-state index contributed by atoms with van der Waals surface area (Å²) in [6, 6.07) is 8.33. The number of H-pyrrole nitrogens is 2. The zero-order valence-corrected chi connectivity index (χ0v) is 25.3. The maximum absolute atomic E-state index is 11.5.